The molecule has 10 heteroatoms. The Morgan fingerprint density at radius 1 is 1.00 bits per heavy atom. The van der Waals surface area contributed by atoms with E-state index in [0.717, 1.165) is 31.7 Å². The first-order chi connectivity index (χ1) is 14.2. The summed E-state index contributed by atoms with van der Waals surface area (Å²) in [5, 5.41) is 11.6. The number of halogens is 1. The van der Waals surface area contributed by atoms with E-state index in [4.69, 9.17) is 4.74 Å². The van der Waals surface area contributed by atoms with Crippen molar-refractivity contribution in [3.63, 3.8) is 0 Å². The molecular formula is C20H27ClN6O3. The van der Waals surface area contributed by atoms with Crippen LogP contribution >= 0.6 is 12.4 Å². The Morgan fingerprint density at radius 3 is 2.20 bits per heavy atom. The zero-order chi connectivity index (χ0) is 20.2. The van der Waals surface area contributed by atoms with Gasteiger partial charge in [-0.3, -0.25) is 9.59 Å². The molecular weight excluding hydrogens is 408 g/mol. The van der Waals surface area contributed by atoms with Crippen molar-refractivity contribution in [2.75, 3.05) is 46.4 Å². The quantitative estimate of drug-likeness (QED) is 0.778. The molecule has 0 bridgehead atoms. The highest BCUT2D eigenvalue weighted by Crippen LogP contribution is 2.18. The van der Waals surface area contributed by atoms with Crippen molar-refractivity contribution >= 4 is 24.2 Å². The van der Waals surface area contributed by atoms with Crippen LogP contribution in [0.4, 0.5) is 0 Å². The number of hydrogen-bond donors (Lipinski definition) is 1. The molecule has 2 amide bonds. The van der Waals surface area contributed by atoms with Crippen molar-refractivity contribution in [2.45, 2.75) is 18.9 Å². The number of nitrogens with zero attached hydrogens (tertiary/aromatic N) is 5. The Balaban J connectivity index is 0.00000256. The number of benzene rings is 1. The number of aromatic nitrogens is 3. The van der Waals surface area contributed by atoms with Crippen molar-refractivity contribution in [3.05, 3.63) is 41.7 Å². The Labute approximate surface area is 181 Å². The summed E-state index contributed by atoms with van der Waals surface area (Å²) in [6.45, 7) is 3.88. The lowest BCUT2D eigenvalue weighted by atomic mass is 10.1. The van der Waals surface area contributed by atoms with Crippen LogP contribution in [0, 0.1) is 0 Å². The van der Waals surface area contributed by atoms with Gasteiger partial charge in [0.25, 0.3) is 11.8 Å². The summed E-state index contributed by atoms with van der Waals surface area (Å²) in [4.78, 5) is 29.0. The summed E-state index contributed by atoms with van der Waals surface area (Å²) in [6.07, 6.45) is 3.74. The Kier molecular flexibility index (Phi) is 7.28. The minimum Gasteiger partial charge on any atom is -0.497 e. The van der Waals surface area contributed by atoms with Gasteiger partial charge in [0, 0.05) is 31.7 Å². The normalized spacial score (nSPS) is 17.4. The third-order valence-electron chi connectivity index (χ3n) is 5.60. The molecule has 0 saturated carbocycles. The minimum atomic E-state index is -0.123. The number of amides is 2. The van der Waals surface area contributed by atoms with Gasteiger partial charge in [-0.1, -0.05) is 5.21 Å². The fourth-order valence-electron chi connectivity index (χ4n) is 3.82. The molecule has 4 rings (SSSR count). The van der Waals surface area contributed by atoms with Crippen LogP contribution in [0.15, 0.2) is 30.5 Å². The maximum absolute atomic E-state index is 12.8. The van der Waals surface area contributed by atoms with Gasteiger partial charge in [-0.05, 0) is 50.2 Å². The topological polar surface area (TPSA) is 92.6 Å². The summed E-state index contributed by atoms with van der Waals surface area (Å²) in [6, 6.07) is 7.37. The molecule has 1 aromatic carbocycles. The zero-order valence-corrected chi connectivity index (χ0v) is 17.8. The van der Waals surface area contributed by atoms with Gasteiger partial charge in [0.05, 0.1) is 19.3 Å². The van der Waals surface area contributed by atoms with Crippen LogP contribution in [-0.4, -0.2) is 83.0 Å². The first kappa shape index (κ1) is 22.0. The van der Waals surface area contributed by atoms with E-state index in [2.05, 4.69) is 15.6 Å². The highest BCUT2D eigenvalue weighted by Gasteiger charge is 2.27. The maximum Gasteiger partial charge on any atom is 0.276 e. The fraction of sp³-hybridized carbons (Fsp3) is 0.500. The monoisotopic (exact) mass is 434 g/mol. The number of piperidine rings is 1. The predicted molar refractivity (Wildman–Crippen MR) is 113 cm³/mol. The molecule has 1 N–H and O–H groups in total. The number of carbonyl (C=O) groups excluding carboxylic acids is 2. The highest BCUT2D eigenvalue weighted by atomic mass is 35.5. The Hall–Kier alpha value is -2.65. The third kappa shape index (κ3) is 4.73. The lowest BCUT2D eigenvalue weighted by Gasteiger charge is -2.34. The fourth-order valence-corrected chi connectivity index (χ4v) is 3.82. The molecule has 2 aliphatic heterocycles. The molecule has 162 valence electrons. The third-order valence-corrected chi connectivity index (χ3v) is 5.60. The molecule has 30 heavy (non-hydrogen) atoms. The van der Waals surface area contributed by atoms with E-state index in [1.807, 2.05) is 4.68 Å². The number of methoxy groups -OCH3 is 1. The summed E-state index contributed by atoms with van der Waals surface area (Å²) in [5.74, 6) is 0.563. The van der Waals surface area contributed by atoms with Gasteiger partial charge in [0.2, 0.25) is 0 Å². The zero-order valence-electron chi connectivity index (χ0n) is 17.0. The van der Waals surface area contributed by atoms with Gasteiger partial charge >= 0.3 is 0 Å². The van der Waals surface area contributed by atoms with Crippen LogP contribution in [0.2, 0.25) is 0 Å². The van der Waals surface area contributed by atoms with E-state index < -0.39 is 0 Å². The van der Waals surface area contributed by atoms with E-state index >= 15 is 0 Å². The number of piperazine rings is 1. The van der Waals surface area contributed by atoms with E-state index in [-0.39, 0.29) is 24.2 Å². The van der Waals surface area contributed by atoms with Gasteiger partial charge in [0.1, 0.15) is 5.75 Å². The van der Waals surface area contributed by atoms with Gasteiger partial charge in [-0.25, -0.2) is 4.68 Å². The smallest absolute Gasteiger partial charge is 0.276 e. The van der Waals surface area contributed by atoms with Crippen LogP contribution in [0.5, 0.6) is 5.75 Å². The highest BCUT2D eigenvalue weighted by molar-refractivity contribution is 5.95. The standard InChI is InChI=1S/C20H26N6O3.ClH/c1-29-17-4-2-15(3-5-17)19(27)24-10-12-25(13-11-24)20(28)18-14-26(23-22-18)16-6-8-21-9-7-16;/h2-5,14,16,21H,6-13H2,1H3;1H. The van der Waals surface area contributed by atoms with E-state index in [1.165, 1.54) is 0 Å². The molecule has 2 aliphatic rings. The summed E-state index contributed by atoms with van der Waals surface area (Å²) in [5.41, 5.74) is 0.994. The van der Waals surface area contributed by atoms with Gasteiger partial charge in [-0.15, -0.1) is 17.5 Å². The second-order valence-corrected chi connectivity index (χ2v) is 7.38. The summed E-state index contributed by atoms with van der Waals surface area (Å²) < 4.78 is 6.95. The molecule has 2 fully saturated rings. The SMILES string of the molecule is COc1ccc(C(=O)N2CCN(C(=O)c3cn(C4CCNCC4)nn3)CC2)cc1.Cl. The number of carbonyl (C=O) groups is 2. The number of nitrogens with one attached hydrogen (secondary N) is 1. The first-order valence-electron chi connectivity index (χ1n) is 10.0. The molecule has 1 aromatic heterocycles. The summed E-state index contributed by atoms with van der Waals surface area (Å²) >= 11 is 0. The Bertz CT molecular complexity index is 858. The van der Waals surface area contributed by atoms with Gasteiger partial charge in [-0.2, -0.15) is 0 Å². The molecule has 3 heterocycles. The molecule has 0 unspecified atom stereocenters. The predicted octanol–water partition coefficient (Wildman–Crippen LogP) is 1.23. The maximum atomic E-state index is 12.8. The number of ether oxygens (including phenoxy) is 1. The average molecular weight is 435 g/mol. The molecule has 2 aromatic rings. The van der Waals surface area contributed by atoms with Crippen LogP contribution < -0.4 is 10.1 Å². The van der Waals surface area contributed by atoms with Crippen LogP contribution in [0.1, 0.15) is 39.7 Å². The van der Waals surface area contributed by atoms with Crippen molar-refractivity contribution in [1.29, 1.82) is 0 Å². The van der Waals surface area contributed by atoms with Gasteiger partial charge in [0.15, 0.2) is 5.69 Å². The molecule has 0 radical (unpaired) electrons. The van der Waals surface area contributed by atoms with E-state index in [1.54, 1.807) is 47.4 Å². The number of rotatable bonds is 4. The lowest BCUT2D eigenvalue weighted by Crippen LogP contribution is -2.50. The second-order valence-electron chi connectivity index (χ2n) is 7.38. The minimum absolute atomic E-state index is 0. The first-order valence-corrected chi connectivity index (χ1v) is 10.0. The Morgan fingerprint density at radius 2 is 1.60 bits per heavy atom. The van der Waals surface area contributed by atoms with Crippen LogP contribution in [0.3, 0.4) is 0 Å². The largest absolute Gasteiger partial charge is 0.497 e. The second kappa shape index (κ2) is 9.90. The van der Waals surface area contributed by atoms with Gasteiger partial charge < -0.3 is 19.9 Å². The van der Waals surface area contributed by atoms with Crippen molar-refractivity contribution in [3.8, 4) is 5.75 Å². The lowest BCUT2D eigenvalue weighted by molar-refractivity contribution is 0.0532. The molecule has 0 atom stereocenters. The van der Waals surface area contributed by atoms with Crippen molar-refractivity contribution in [2.24, 2.45) is 0 Å². The molecule has 0 aliphatic carbocycles. The molecule has 0 spiro atoms. The summed E-state index contributed by atoms with van der Waals surface area (Å²) in [7, 11) is 1.60. The molecule has 9 nitrogen and oxygen atoms in total. The van der Waals surface area contributed by atoms with Crippen LogP contribution in [-0.2, 0) is 0 Å². The average Bonchev–Trinajstić information content (AvgIpc) is 3.29. The van der Waals surface area contributed by atoms with Crippen LogP contribution in [0.25, 0.3) is 0 Å². The molecule has 2 saturated heterocycles. The van der Waals surface area contributed by atoms with E-state index in [0.29, 0.717) is 43.5 Å². The van der Waals surface area contributed by atoms with Crippen molar-refractivity contribution < 1.29 is 14.3 Å². The van der Waals surface area contributed by atoms with Crippen molar-refractivity contribution in [1.82, 2.24) is 30.1 Å². The van der Waals surface area contributed by atoms with E-state index in [9.17, 15) is 9.59 Å². The number of hydrogen-bond acceptors (Lipinski definition) is 6.